The van der Waals surface area contributed by atoms with Gasteiger partial charge in [0.15, 0.2) is 0 Å². The zero-order valence-electron chi connectivity index (χ0n) is 16.4. The molecule has 0 saturated heterocycles. The molecule has 2 aromatic carbocycles. The molecule has 7 nitrogen and oxygen atoms in total. The van der Waals surface area contributed by atoms with Crippen molar-refractivity contribution >= 4 is 64.6 Å². The number of carboxylic acids is 1. The van der Waals surface area contributed by atoms with Crippen LogP contribution >= 0.6 is 24.8 Å². The maximum Gasteiger partial charge on any atom is 0.305 e. The quantitative estimate of drug-likeness (QED) is 0.484. The second kappa shape index (κ2) is 8.55. The second-order valence-electron chi connectivity index (χ2n) is 7.23. The van der Waals surface area contributed by atoms with E-state index in [2.05, 4.69) is 4.98 Å². The number of halogens is 2. The minimum absolute atomic E-state index is 0. The van der Waals surface area contributed by atoms with E-state index in [1.165, 1.54) is 4.90 Å². The molecule has 0 fully saturated rings. The lowest BCUT2D eigenvalue weighted by Gasteiger charge is -2.28. The number of phenolic OH excluding ortho intramolecular Hbond substituents is 1. The molecule has 1 amide bonds. The topological polar surface area (TPSA) is 120 Å². The Hall–Kier alpha value is -2.74. The number of aromatic nitrogens is 1. The second-order valence-corrected chi connectivity index (χ2v) is 7.23. The third kappa shape index (κ3) is 3.71. The number of hydrogen-bond donors (Lipinski definition) is 4. The van der Waals surface area contributed by atoms with Crippen molar-refractivity contribution in [1.82, 2.24) is 9.88 Å². The van der Waals surface area contributed by atoms with Crippen LogP contribution in [0.5, 0.6) is 5.75 Å². The Kier molecular flexibility index (Phi) is 6.71. The lowest BCUT2D eigenvalue weighted by molar-refractivity contribution is -0.141. The molecule has 1 atom stereocenters. The SMILES string of the molecule is Cc1c2c(c(C)c3c1[nH]c1ccc(O)cc13)CN(C(=O)[C@@H](N)CC(=O)O)C=C2.Cl.Cl. The van der Waals surface area contributed by atoms with Crippen LogP contribution in [-0.2, 0) is 16.1 Å². The molecule has 9 heteroatoms. The molecule has 5 N–H and O–H groups in total. The number of H-pyrrole nitrogens is 1. The van der Waals surface area contributed by atoms with Crippen molar-refractivity contribution in [2.75, 3.05) is 0 Å². The molecular formula is C21H23Cl2N3O4. The van der Waals surface area contributed by atoms with E-state index in [0.29, 0.717) is 6.54 Å². The smallest absolute Gasteiger partial charge is 0.305 e. The van der Waals surface area contributed by atoms with Crippen LogP contribution in [0.3, 0.4) is 0 Å². The van der Waals surface area contributed by atoms with Crippen molar-refractivity contribution in [3.63, 3.8) is 0 Å². The Labute approximate surface area is 185 Å². The Balaban J connectivity index is 0.00000160. The highest BCUT2D eigenvalue weighted by atomic mass is 35.5. The monoisotopic (exact) mass is 451 g/mol. The number of aromatic amines is 1. The molecule has 0 radical (unpaired) electrons. The summed E-state index contributed by atoms with van der Waals surface area (Å²) >= 11 is 0. The van der Waals surface area contributed by atoms with E-state index in [1.807, 2.05) is 26.0 Å². The molecule has 0 unspecified atom stereocenters. The minimum Gasteiger partial charge on any atom is -0.508 e. The minimum atomic E-state index is -1.10. The molecule has 0 saturated carbocycles. The van der Waals surface area contributed by atoms with Gasteiger partial charge in [-0.2, -0.15) is 0 Å². The molecule has 30 heavy (non-hydrogen) atoms. The number of rotatable bonds is 3. The summed E-state index contributed by atoms with van der Waals surface area (Å²) in [5.74, 6) is -1.33. The van der Waals surface area contributed by atoms with Crippen LogP contribution in [0.15, 0.2) is 24.4 Å². The van der Waals surface area contributed by atoms with Crippen LogP contribution in [-0.4, -0.2) is 38.0 Å². The van der Waals surface area contributed by atoms with Gasteiger partial charge in [0.25, 0.3) is 0 Å². The molecule has 2 heterocycles. The summed E-state index contributed by atoms with van der Waals surface area (Å²) in [5.41, 5.74) is 11.8. The van der Waals surface area contributed by atoms with Crippen molar-refractivity contribution in [1.29, 1.82) is 0 Å². The molecule has 0 bridgehead atoms. The third-order valence-corrected chi connectivity index (χ3v) is 5.46. The highest BCUT2D eigenvalue weighted by Gasteiger charge is 2.27. The van der Waals surface area contributed by atoms with E-state index < -0.39 is 24.3 Å². The van der Waals surface area contributed by atoms with Crippen molar-refractivity contribution in [3.8, 4) is 5.75 Å². The number of benzene rings is 2. The van der Waals surface area contributed by atoms with E-state index in [4.69, 9.17) is 10.8 Å². The standard InChI is InChI=1S/C21H21N3O4.2ClH/c1-10-15-9-24(21(28)16(22)8-18(26)27)6-5-13(15)11(2)20-19(10)14-7-12(25)3-4-17(14)23-20;;/h3-7,16,23,25H,8-9,22H2,1-2H3,(H,26,27);2*1H/t16-;;/m0../s1. The summed E-state index contributed by atoms with van der Waals surface area (Å²) in [6, 6.07) is 4.14. The Morgan fingerprint density at radius 1 is 1.23 bits per heavy atom. The molecule has 1 aliphatic heterocycles. The average molecular weight is 452 g/mol. The number of aryl methyl sites for hydroxylation is 2. The molecule has 1 aromatic heterocycles. The van der Waals surface area contributed by atoms with Crippen LogP contribution in [0.2, 0.25) is 0 Å². The Bertz CT molecular complexity index is 1190. The van der Waals surface area contributed by atoms with E-state index in [-0.39, 0.29) is 30.6 Å². The van der Waals surface area contributed by atoms with Gasteiger partial charge in [0.2, 0.25) is 5.91 Å². The number of phenols is 1. The summed E-state index contributed by atoms with van der Waals surface area (Å²) in [5, 5.41) is 20.7. The van der Waals surface area contributed by atoms with Gasteiger partial charge in [-0.15, -0.1) is 24.8 Å². The summed E-state index contributed by atoms with van der Waals surface area (Å²) in [7, 11) is 0. The fourth-order valence-electron chi connectivity index (χ4n) is 4.02. The van der Waals surface area contributed by atoms with Gasteiger partial charge in [0.1, 0.15) is 5.75 Å². The predicted molar refractivity (Wildman–Crippen MR) is 121 cm³/mol. The van der Waals surface area contributed by atoms with Gasteiger partial charge in [-0.3, -0.25) is 9.59 Å². The molecule has 0 aliphatic carbocycles. The van der Waals surface area contributed by atoms with Gasteiger partial charge < -0.3 is 25.8 Å². The van der Waals surface area contributed by atoms with Gasteiger partial charge in [-0.1, -0.05) is 0 Å². The number of nitrogens with zero attached hydrogens (tertiary/aromatic N) is 1. The largest absolute Gasteiger partial charge is 0.508 e. The van der Waals surface area contributed by atoms with E-state index >= 15 is 0 Å². The molecular weight excluding hydrogens is 429 g/mol. The molecule has 3 aromatic rings. The predicted octanol–water partition coefficient (Wildman–Crippen LogP) is 3.60. The van der Waals surface area contributed by atoms with Gasteiger partial charge in [-0.25, -0.2) is 0 Å². The number of carboxylic acid groups (broad SMARTS) is 1. The number of fused-ring (bicyclic) bond motifs is 4. The number of nitrogens with two attached hydrogens (primary N) is 1. The van der Waals surface area contributed by atoms with Crippen molar-refractivity contribution in [2.24, 2.45) is 5.73 Å². The number of aromatic hydroxyl groups is 1. The first-order valence-electron chi connectivity index (χ1n) is 9.00. The number of aliphatic carboxylic acids is 1. The number of hydrogen-bond acceptors (Lipinski definition) is 4. The summed E-state index contributed by atoms with van der Waals surface area (Å²) in [4.78, 5) is 28.3. The zero-order valence-corrected chi connectivity index (χ0v) is 18.1. The van der Waals surface area contributed by atoms with Crippen LogP contribution in [0, 0.1) is 13.8 Å². The first-order valence-corrected chi connectivity index (χ1v) is 9.00. The maximum atomic E-state index is 12.6. The first kappa shape index (κ1) is 23.5. The first-order chi connectivity index (χ1) is 13.3. The van der Waals surface area contributed by atoms with Gasteiger partial charge >= 0.3 is 5.97 Å². The fourth-order valence-corrected chi connectivity index (χ4v) is 4.02. The van der Waals surface area contributed by atoms with Crippen LogP contribution in [0.4, 0.5) is 0 Å². The van der Waals surface area contributed by atoms with Crippen LogP contribution in [0.1, 0.15) is 28.7 Å². The highest BCUT2D eigenvalue weighted by Crippen LogP contribution is 2.38. The molecule has 4 rings (SSSR count). The number of nitrogens with one attached hydrogen (secondary N) is 1. The molecule has 1 aliphatic rings. The highest BCUT2D eigenvalue weighted by molar-refractivity contribution is 6.11. The number of carbonyl (C=O) groups is 2. The lowest BCUT2D eigenvalue weighted by atomic mass is 9.90. The van der Waals surface area contributed by atoms with Crippen molar-refractivity contribution in [3.05, 3.63) is 46.7 Å². The fraction of sp³-hybridized carbons (Fsp3) is 0.238. The third-order valence-electron chi connectivity index (χ3n) is 5.46. The van der Waals surface area contributed by atoms with Gasteiger partial charge in [0, 0.05) is 22.5 Å². The molecule has 160 valence electrons. The normalized spacial score (nSPS) is 13.5. The molecule has 0 spiro atoms. The number of carbonyl (C=O) groups excluding carboxylic acids is 1. The zero-order chi connectivity index (χ0) is 20.2. The average Bonchev–Trinajstić information content (AvgIpc) is 3.03. The van der Waals surface area contributed by atoms with Crippen molar-refractivity contribution in [2.45, 2.75) is 32.9 Å². The summed E-state index contributed by atoms with van der Waals surface area (Å²) < 4.78 is 0. The maximum absolute atomic E-state index is 12.6. The lowest BCUT2D eigenvalue weighted by Crippen LogP contribution is -2.42. The van der Waals surface area contributed by atoms with E-state index in [0.717, 1.165) is 44.1 Å². The van der Waals surface area contributed by atoms with Crippen LogP contribution < -0.4 is 5.73 Å². The Morgan fingerprint density at radius 2 is 1.93 bits per heavy atom. The van der Waals surface area contributed by atoms with E-state index in [1.54, 1.807) is 18.3 Å². The summed E-state index contributed by atoms with van der Waals surface area (Å²) in [6.07, 6.45) is 3.13. The summed E-state index contributed by atoms with van der Waals surface area (Å²) in [6.45, 7) is 4.34. The van der Waals surface area contributed by atoms with Crippen molar-refractivity contribution < 1.29 is 19.8 Å². The Morgan fingerprint density at radius 3 is 2.60 bits per heavy atom. The van der Waals surface area contributed by atoms with Gasteiger partial charge in [0.05, 0.1) is 24.5 Å². The van der Waals surface area contributed by atoms with Gasteiger partial charge in [-0.05, 0) is 60.4 Å². The van der Waals surface area contributed by atoms with E-state index in [9.17, 15) is 14.7 Å². The van der Waals surface area contributed by atoms with Crippen LogP contribution in [0.25, 0.3) is 27.9 Å². The number of amides is 1.